The van der Waals surface area contributed by atoms with Crippen LogP contribution in [0.5, 0.6) is 11.5 Å². The van der Waals surface area contributed by atoms with Gasteiger partial charge in [-0.05, 0) is 30.7 Å². The maximum Gasteiger partial charge on any atom is 0.573 e. The number of ether oxygens (including phenoxy) is 2. The second-order valence-electron chi connectivity index (χ2n) is 5.94. The number of nitrogens with two attached hydrogens (primary N) is 1. The number of nitrogen functional groups attached to an aromatic ring is 1. The molecule has 3 aromatic rings. The van der Waals surface area contributed by atoms with Gasteiger partial charge in [0.25, 0.3) is 0 Å². The van der Waals surface area contributed by atoms with Crippen molar-refractivity contribution in [3.8, 4) is 22.6 Å². The maximum absolute atomic E-state index is 12.6. The number of methoxy groups -OCH3 is 1. The lowest BCUT2D eigenvalue weighted by molar-refractivity contribution is -0.274. The van der Waals surface area contributed by atoms with E-state index in [0.717, 1.165) is 6.07 Å². The predicted octanol–water partition coefficient (Wildman–Crippen LogP) is 1.77. The van der Waals surface area contributed by atoms with Crippen LogP contribution in [-0.4, -0.2) is 40.8 Å². The fourth-order valence-electron chi connectivity index (χ4n) is 2.86. The molecule has 0 saturated heterocycles. The van der Waals surface area contributed by atoms with Crippen LogP contribution in [0.3, 0.4) is 0 Å². The van der Waals surface area contributed by atoms with E-state index in [1.165, 1.54) is 13.2 Å². The van der Waals surface area contributed by atoms with Gasteiger partial charge >= 0.3 is 13.5 Å². The minimum absolute atomic E-state index is 0.0515. The van der Waals surface area contributed by atoms with Crippen molar-refractivity contribution in [3.63, 3.8) is 0 Å². The summed E-state index contributed by atoms with van der Waals surface area (Å²) in [6.45, 7) is 1.74. The Morgan fingerprint density at radius 3 is 2.36 bits per heavy atom. The highest BCUT2D eigenvalue weighted by Crippen LogP contribution is 2.36. The third-order valence-electron chi connectivity index (χ3n) is 4.14. The lowest BCUT2D eigenvalue weighted by Crippen LogP contribution is -2.34. The molecule has 0 amide bonds. The molecule has 0 saturated carbocycles. The second-order valence-corrected chi connectivity index (χ2v) is 5.94. The van der Waals surface area contributed by atoms with E-state index in [1.54, 1.807) is 25.1 Å². The van der Waals surface area contributed by atoms with Crippen LogP contribution in [0.2, 0.25) is 0 Å². The van der Waals surface area contributed by atoms with Crippen LogP contribution in [0.25, 0.3) is 21.9 Å². The van der Waals surface area contributed by atoms with E-state index >= 15 is 0 Å². The van der Waals surface area contributed by atoms with Gasteiger partial charge in [0, 0.05) is 27.9 Å². The number of aromatic nitrogens is 2. The predicted molar refractivity (Wildman–Crippen MR) is 97.2 cm³/mol. The molecule has 11 heteroatoms. The molecule has 3 rings (SSSR count). The maximum atomic E-state index is 12.6. The molecule has 4 N–H and O–H groups in total. The van der Waals surface area contributed by atoms with Gasteiger partial charge in [0.05, 0.1) is 12.8 Å². The van der Waals surface area contributed by atoms with Crippen molar-refractivity contribution >= 4 is 29.2 Å². The summed E-state index contributed by atoms with van der Waals surface area (Å²) >= 11 is 0. The van der Waals surface area contributed by atoms with Crippen LogP contribution in [0.1, 0.15) is 5.69 Å². The van der Waals surface area contributed by atoms with E-state index in [9.17, 15) is 23.2 Å². The Balaban J connectivity index is 2.22. The zero-order chi connectivity index (χ0) is 20.6. The van der Waals surface area contributed by atoms with Crippen molar-refractivity contribution < 1.29 is 32.7 Å². The third-order valence-corrected chi connectivity index (χ3v) is 4.14. The summed E-state index contributed by atoms with van der Waals surface area (Å²) in [6, 6.07) is 7.18. The van der Waals surface area contributed by atoms with Crippen molar-refractivity contribution in [1.29, 1.82) is 0 Å². The molecule has 0 unspecified atom stereocenters. The van der Waals surface area contributed by atoms with Gasteiger partial charge in [0.1, 0.15) is 11.5 Å². The SMILES string of the molecule is COc1cc(OC(F)(F)F)c(B(O)O)cc1-c1ccc2c(N)nnc(C)c2c1. The number of anilines is 1. The molecular weight excluding hydrogens is 378 g/mol. The zero-order valence-corrected chi connectivity index (χ0v) is 14.8. The molecule has 0 spiro atoms. The fraction of sp³-hybridized carbons (Fsp3) is 0.176. The van der Waals surface area contributed by atoms with E-state index in [-0.39, 0.29) is 11.6 Å². The van der Waals surface area contributed by atoms with Crippen molar-refractivity contribution in [2.75, 3.05) is 12.8 Å². The normalized spacial score (nSPS) is 11.5. The molecule has 0 aliphatic carbocycles. The zero-order valence-electron chi connectivity index (χ0n) is 14.8. The lowest BCUT2D eigenvalue weighted by Gasteiger charge is -2.17. The molecule has 0 atom stereocenters. The first-order chi connectivity index (χ1) is 13.1. The fourth-order valence-corrected chi connectivity index (χ4v) is 2.86. The Kier molecular flexibility index (Phi) is 5.05. The molecule has 7 nitrogen and oxygen atoms in total. The first-order valence-corrected chi connectivity index (χ1v) is 7.97. The standard InChI is InChI=1S/C17H15BF3N3O4/c1-8-11-5-9(3-4-10(11)16(22)24-23-8)12-6-13(18(25)26)15(7-14(12)27-2)28-17(19,20)21/h3-7,25-26H,1-2H3,(H2,22,24). The minimum Gasteiger partial charge on any atom is -0.496 e. The van der Waals surface area contributed by atoms with Crippen LogP contribution in [0.15, 0.2) is 30.3 Å². The first kappa shape index (κ1) is 19.7. The van der Waals surface area contributed by atoms with Gasteiger partial charge in [-0.25, -0.2) is 0 Å². The highest BCUT2D eigenvalue weighted by Gasteiger charge is 2.34. The van der Waals surface area contributed by atoms with Gasteiger partial charge < -0.3 is 25.3 Å². The van der Waals surface area contributed by atoms with Gasteiger partial charge in [-0.15, -0.1) is 18.3 Å². The number of hydrogen-bond acceptors (Lipinski definition) is 7. The number of rotatable bonds is 4. The van der Waals surface area contributed by atoms with Gasteiger partial charge in [-0.1, -0.05) is 6.07 Å². The van der Waals surface area contributed by atoms with E-state index < -0.39 is 24.7 Å². The monoisotopic (exact) mass is 393 g/mol. The highest BCUT2D eigenvalue weighted by molar-refractivity contribution is 6.60. The van der Waals surface area contributed by atoms with Crippen LogP contribution < -0.4 is 20.7 Å². The van der Waals surface area contributed by atoms with E-state index in [0.29, 0.717) is 27.6 Å². The third kappa shape index (κ3) is 3.80. The second kappa shape index (κ2) is 7.17. The summed E-state index contributed by atoms with van der Waals surface area (Å²) in [4.78, 5) is 0. The summed E-state index contributed by atoms with van der Waals surface area (Å²) in [7, 11) is -0.910. The summed E-state index contributed by atoms with van der Waals surface area (Å²) in [5, 5.41) is 28.2. The van der Waals surface area contributed by atoms with E-state index in [4.69, 9.17) is 10.5 Å². The van der Waals surface area contributed by atoms with E-state index in [2.05, 4.69) is 14.9 Å². The summed E-state index contributed by atoms with van der Waals surface area (Å²) < 4.78 is 47.0. The van der Waals surface area contributed by atoms with Crippen LogP contribution in [-0.2, 0) is 0 Å². The average molecular weight is 393 g/mol. The molecule has 1 aromatic heterocycles. The number of aryl methyl sites for hydroxylation is 1. The molecule has 0 bridgehead atoms. The van der Waals surface area contributed by atoms with Crippen molar-refractivity contribution in [2.45, 2.75) is 13.3 Å². The van der Waals surface area contributed by atoms with Crippen molar-refractivity contribution in [3.05, 3.63) is 36.0 Å². The first-order valence-electron chi connectivity index (χ1n) is 7.97. The Morgan fingerprint density at radius 1 is 1.04 bits per heavy atom. The van der Waals surface area contributed by atoms with E-state index in [1.807, 2.05) is 0 Å². The molecule has 2 aromatic carbocycles. The molecule has 0 radical (unpaired) electrons. The minimum atomic E-state index is -5.01. The Hall–Kier alpha value is -3.05. The Bertz CT molecular complexity index is 1040. The van der Waals surface area contributed by atoms with Crippen LogP contribution in [0.4, 0.5) is 19.0 Å². The average Bonchev–Trinajstić information content (AvgIpc) is 2.62. The van der Waals surface area contributed by atoms with Gasteiger partial charge in [-0.2, -0.15) is 5.10 Å². The molecule has 1 heterocycles. The molecular formula is C17H15BF3N3O4. The number of fused-ring (bicyclic) bond motifs is 1. The Morgan fingerprint density at radius 2 is 1.75 bits per heavy atom. The molecule has 28 heavy (non-hydrogen) atoms. The molecule has 146 valence electrons. The number of alkyl halides is 3. The molecule has 0 aliphatic rings. The summed E-state index contributed by atoms with van der Waals surface area (Å²) in [5.74, 6) is -0.481. The van der Waals surface area contributed by atoms with Crippen molar-refractivity contribution in [1.82, 2.24) is 10.2 Å². The highest BCUT2D eigenvalue weighted by atomic mass is 19.4. The molecule has 0 aliphatic heterocycles. The van der Waals surface area contributed by atoms with Crippen molar-refractivity contribution in [2.24, 2.45) is 0 Å². The number of benzene rings is 2. The lowest BCUT2D eigenvalue weighted by atomic mass is 9.78. The van der Waals surface area contributed by atoms with Gasteiger partial charge in [0.15, 0.2) is 5.82 Å². The summed E-state index contributed by atoms with van der Waals surface area (Å²) in [6.07, 6.45) is -5.01. The van der Waals surface area contributed by atoms with Gasteiger partial charge in [-0.3, -0.25) is 0 Å². The number of nitrogens with zero attached hydrogens (tertiary/aromatic N) is 2. The molecule has 0 fully saturated rings. The van der Waals surface area contributed by atoms with Gasteiger partial charge in [0.2, 0.25) is 0 Å². The quantitative estimate of drug-likeness (QED) is 0.580. The topological polar surface area (TPSA) is 111 Å². The number of hydrogen-bond donors (Lipinski definition) is 3. The summed E-state index contributed by atoms with van der Waals surface area (Å²) in [5.41, 5.74) is 6.84. The van der Waals surface area contributed by atoms with Crippen LogP contribution >= 0.6 is 0 Å². The Labute approximate surface area is 157 Å². The number of halogens is 3. The van der Waals surface area contributed by atoms with Crippen LogP contribution in [0, 0.1) is 6.92 Å². The smallest absolute Gasteiger partial charge is 0.496 e. The largest absolute Gasteiger partial charge is 0.573 e.